The zero-order valence-corrected chi connectivity index (χ0v) is 12.0. The number of nitriles is 1. The van der Waals surface area contributed by atoms with Crippen molar-refractivity contribution in [2.45, 2.75) is 71.8 Å². The molecule has 2 atom stereocenters. The van der Waals surface area contributed by atoms with Crippen LogP contribution in [0.2, 0.25) is 0 Å². The maximum absolute atomic E-state index is 12.3. The quantitative estimate of drug-likeness (QED) is 0.777. The lowest BCUT2D eigenvalue weighted by Gasteiger charge is -2.26. The fourth-order valence-electron chi connectivity index (χ4n) is 2.73. The molecule has 0 aromatic rings. The molecule has 3 nitrogen and oxygen atoms in total. The van der Waals surface area contributed by atoms with Gasteiger partial charge in [0.15, 0.2) is 0 Å². The van der Waals surface area contributed by atoms with E-state index in [2.05, 4.69) is 18.3 Å². The third-order valence-corrected chi connectivity index (χ3v) is 4.45. The zero-order chi connectivity index (χ0) is 13.6. The predicted octanol–water partition coefficient (Wildman–Crippen LogP) is 3.40. The van der Waals surface area contributed by atoms with Crippen molar-refractivity contribution in [1.29, 1.82) is 5.26 Å². The molecule has 0 bridgehead atoms. The van der Waals surface area contributed by atoms with Crippen molar-refractivity contribution in [1.82, 2.24) is 5.32 Å². The van der Waals surface area contributed by atoms with Crippen LogP contribution in [0, 0.1) is 22.7 Å². The van der Waals surface area contributed by atoms with Gasteiger partial charge in [0, 0.05) is 6.04 Å². The van der Waals surface area contributed by atoms with Crippen molar-refractivity contribution in [3.8, 4) is 6.07 Å². The van der Waals surface area contributed by atoms with Crippen LogP contribution < -0.4 is 5.32 Å². The Kier molecular flexibility index (Phi) is 5.65. The van der Waals surface area contributed by atoms with Crippen molar-refractivity contribution in [2.24, 2.45) is 11.3 Å². The van der Waals surface area contributed by atoms with Gasteiger partial charge in [0.2, 0.25) is 5.91 Å². The number of amides is 1. The standard InChI is InChI=1S/C15H26N2O/c1-4-15(5-2,11-16)14(18)17-13-8-6-7-12(3)9-10-13/h12-13H,4-10H2,1-3H3,(H,17,18). The molecule has 0 aromatic heterocycles. The maximum Gasteiger partial charge on any atom is 0.240 e. The summed E-state index contributed by atoms with van der Waals surface area (Å²) in [6.07, 6.45) is 6.93. The minimum Gasteiger partial charge on any atom is -0.352 e. The molecule has 2 unspecified atom stereocenters. The molecule has 1 saturated carbocycles. The highest BCUT2D eigenvalue weighted by Gasteiger charge is 2.36. The summed E-state index contributed by atoms with van der Waals surface area (Å²) in [6.45, 7) is 6.12. The summed E-state index contributed by atoms with van der Waals surface area (Å²) in [5.74, 6) is 0.708. The van der Waals surface area contributed by atoms with Crippen molar-refractivity contribution < 1.29 is 4.79 Å². The molecule has 18 heavy (non-hydrogen) atoms. The Hall–Kier alpha value is -1.04. The first-order valence-electron chi connectivity index (χ1n) is 7.30. The molecule has 1 amide bonds. The van der Waals surface area contributed by atoms with Gasteiger partial charge in [-0.25, -0.2) is 0 Å². The van der Waals surface area contributed by atoms with Crippen LogP contribution in [0.25, 0.3) is 0 Å². The molecule has 0 saturated heterocycles. The summed E-state index contributed by atoms with van der Waals surface area (Å²) >= 11 is 0. The van der Waals surface area contributed by atoms with Crippen molar-refractivity contribution >= 4 is 5.91 Å². The van der Waals surface area contributed by atoms with E-state index in [1.807, 2.05) is 13.8 Å². The fraction of sp³-hybridized carbons (Fsp3) is 0.867. The molecule has 1 fully saturated rings. The first-order valence-corrected chi connectivity index (χ1v) is 7.30. The Morgan fingerprint density at radius 2 is 1.94 bits per heavy atom. The van der Waals surface area contributed by atoms with Gasteiger partial charge in [-0.2, -0.15) is 5.26 Å². The van der Waals surface area contributed by atoms with E-state index < -0.39 is 5.41 Å². The Morgan fingerprint density at radius 1 is 1.28 bits per heavy atom. The van der Waals surface area contributed by atoms with Crippen LogP contribution in [0.1, 0.15) is 65.7 Å². The monoisotopic (exact) mass is 250 g/mol. The highest BCUT2D eigenvalue weighted by atomic mass is 16.2. The predicted molar refractivity (Wildman–Crippen MR) is 72.8 cm³/mol. The largest absolute Gasteiger partial charge is 0.352 e. The normalized spacial score (nSPS) is 25.0. The number of nitrogens with zero attached hydrogens (tertiary/aromatic N) is 1. The van der Waals surface area contributed by atoms with Gasteiger partial charge in [-0.1, -0.05) is 33.6 Å². The maximum atomic E-state index is 12.3. The van der Waals surface area contributed by atoms with Crippen LogP contribution in [0.3, 0.4) is 0 Å². The van der Waals surface area contributed by atoms with Crippen molar-refractivity contribution in [3.63, 3.8) is 0 Å². The van der Waals surface area contributed by atoms with Crippen LogP contribution >= 0.6 is 0 Å². The van der Waals surface area contributed by atoms with E-state index in [0.717, 1.165) is 18.8 Å². The average molecular weight is 250 g/mol. The number of nitrogens with one attached hydrogen (secondary N) is 1. The number of hydrogen-bond acceptors (Lipinski definition) is 2. The molecule has 1 aliphatic rings. The summed E-state index contributed by atoms with van der Waals surface area (Å²) < 4.78 is 0. The van der Waals surface area contributed by atoms with E-state index in [0.29, 0.717) is 12.8 Å². The minimum absolute atomic E-state index is 0.0606. The molecular weight excluding hydrogens is 224 g/mol. The highest BCUT2D eigenvalue weighted by Crippen LogP contribution is 2.27. The topological polar surface area (TPSA) is 52.9 Å². The Balaban J connectivity index is 2.61. The first-order chi connectivity index (χ1) is 8.57. The van der Waals surface area contributed by atoms with Gasteiger partial charge in [-0.3, -0.25) is 4.79 Å². The molecular formula is C15H26N2O. The van der Waals surface area contributed by atoms with Gasteiger partial charge < -0.3 is 5.32 Å². The Bertz CT molecular complexity index is 315. The van der Waals surface area contributed by atoms with E-state index in [-0.39, 0.29) is 11.9 Å². The van der Waals surface area contributed by atoms with Crippen LogP contribution in [-0.4, -0.2) is 11.9 Å². The summed E-state index contributed by atoms with van der Waals surface area (Å²) in [5, 5.41) is 12.4. The lowest BCUT2D eigenvalue weighted by molar-refractivity contribution is -0.129. The van der Waals surface area contributed by atoms with E-state index in [1.54, 1.807) is 0 Å². The SMILES string of the molecule is CCC(C#N)(CC)C(=O)NC1CCCC(C)CC1. The first kappa shape index (κ1) is 15.0. The van der Waals surface area contributed by atoms with Gasteiger partial charge >= 0.3 is 0 Å². The van der Waals surface area contributed by atoms with E-state index >= 15 is 0 Å². The third kappa shape index (κ3) is 3.48. The molecule has 1 N–H and O–H groups in total. The molecule has 1 rings (SSSR count). The summed E-state index contributed by atoms with van der Waals surface area (Å²) in [5.41, 5.74) is -0.822. The second-order valence-electron chi connectivity index (χ2n) is 5.68. The molecule has 0 spiro atoms. The van der Waals surface area contributed by atoms with Crippen molar-refractivity contribution in [3.05, 3.63) is 0 Å². The van der Waals surface area contributed by atoms with Gasteiger partial charge in [0.1, 0.15) is 5.41 Å². The molecule has 0 heterocycles. The zero-order valence-electron chi connectivity index (χ0n) is 12.0. The Morgan fingerprint density at radius 3 is 2.50 bits per heavy atom. The van der Waals surface area contributed by atoms with E-state index in [1.165, 1.54) is 19.3 Å². The van der Waals surface area contributed by atoms with Gasteiger partial charge in [0.05, 0.1) is 6.07 Å². The average Bonchev–Trinajstić information content (AvgIpc) is 2.57. The number of carbonyl (C=O) groups is 1. The lowest BCUT2D eigenvalue weighted by Crippen LogP contribution is -2.44. The van der Waals surface area contributed by atoms with Crippen molar-refractivity contribution in [2.75, 3.05) is 0 Å². The minimum atomic E-state index is -0.822. The van der Waals surface area contributed by atoms with Crippen LogP contribution in [0.4, 0.5) is 0 Å². The molecule has 0 aromatic carbocycles. The summed E-state index contributed by atoms with van der Waals surface area (Å²) in [4.78, 5) is 12.3. The molecule has 1 aliphatic carbocycles. The summed E-state index contributed by atoms with van der Waals surface area (Å²) in [6, 6.07) is 2.49. The van der Waals surface area contributed by atoms with E-state index in [9.17, 15) is 10.1 Å². The van der Waals surface area contributed by atoms with Gasteiger partial charge in [0.25, 0.3) is 0 Å². The highest BCUT2D eigenvalue weighted by molar-refractivity contribution is 5.85. The molecule has 0 aliphatic heterocycles. The summed E-state index contributed by atoms with van der Waals surface area (Å²) in [7, 11) is 0. The van der Waals surface area contributed by atoms with Crippen LogP contribution in [0.15, 0.2) is 0 Å². The number of hydrogen-bond donors (Lipinski definition) is 1. The fourth-order valence-corrected chi connectivity index (χ4v) is 2.73. The van der Waals surface area contributed by atoms with Gasteiger partial charge in [-0.05, 0) is 38.0 Å². The second kappa shape index (κ2) is 6.78. The smallest absolute Gasteiger partial charge is 0.240 e. The second-order valence-corrected chi connectivity index (χ2v) is 5.68. The number of carbonyl (C=O) groups excluding carboxylic acids is 1. The molecule has 3 heteroatoms. The third-order valence-electron chi connectivity index (χ3n) is 4.45. The van der Waals surface area contributed by atoms with E-state index in [4.69, 9.17) is 0 Å². The van der Waals surface area contributed by atoms with Gasteiger partial charge in [-0.15, -0.1) is 0 Å². The Labute approximate surface area is 111 Å². The molecule has 102 valence electrons. The molecule has 0 radical (unpaired) electrons. The van der Waals surface area contributed by atoms with Crippen LogP contribution in [-0.2, 0) is 4.79 Å². The lowest BCUT2D eigenvalue weighted by atomic mass is 9.82. The number of rotatable bonds is 4. The van der Waals surface area contributed by atoms with Crippen LogP contribution in [0.5, 0.6) is 0 Å².